The van der Waals surface area contributed by atoms with Gasteiger partial charge in [0.2, 0.25) is 0 Å². The largest absolute Gasteiger partial charge is 0.333 e. The van der Waals surface area contributed by atoms with Crippen LogP contribution in [0.5, 0.6) is 0 Å². The zero-order valence-electron chi connectivity index (χ0n) is 12.5. The summed E-state index contributed by atoms with van der Waals surface area (Å²) in [4.78, 5) is 11.4. The molecule has 0 aliphatic carbocycles. The van der Waals surface area contributed by atoms with E-state index in [1.165, 1.54) is 6.42 Å². The summed E-state index contributed by atoms with van der Waals surface area (Å²) in [7, 11) is 0. The Balaban J connectivity index is 0.000000573. The highest BCUT2D eigenvalue weighted by atomic mass is 16.2. The predicted molar refractivity (Wildman–Crippen MR) is 82.6 cm³/mol. The lowest BCUT2D eigenvalue weighted by molar-refractivity contribution is 0.243. The standard InChI is InChI=1S/C10H13N3O.C3H8.C2H6/c14-10(13-9-6-11-7-9)12-8-4-2-1-3-5-8;1-3-2;1-2/h1-5,9,11H,6-7H2,(H2,12,13,14);3H2,1-2H3;1-2H3. The molecule has 3 N–H and O–H groups in total. The van der Waals surface area contributed by atoms with E-state index in [1.54, 1.807) is 0 Å². The molecule has 19 heavy (non-hydrogen) atoms. The van der Waals surface area contributed by atoms with Crippen molar-refractivity contribution >= 4 is 11.7 Å². The number of hydrogen-bond donors (Lipinski definition) is 3. The van der Waals surface area contributed by atoms with Gasteiger partial charge in [0.1, 0.15) is 0 Å². The summed E-state index contributed by atoms with van der Waals surface area (Å²) in [6.45, 7) is 9.98. The molecule has 1 aromatic rings. The molecule has 4 heteroatoms. The minimum absolute atomic E-state index is 0.136. The summed E-state index contributed by atoms with van der Waals surface area (Å²) in [6.07, 6.45) is 1.25. The van der Waals surface area contributed by atoms with Crippen molar-refractivity contribution in [3.63, 3.8) is 0 Å². The van der Waals surface area contributed by atoms with Gasteiger partial charge in [0, 0.05) is 18.8 Å². The first-order chi connectivity index (χ1) is 9.26. The molecule has 0 radical (unpaired) electrons. The molecule has 1 saturated heterocycles. The molecular formula is C15H27N3O. The van der Waals surface area contributed by atoms with Crippen LogP contribution in [0.4, 0.5) is 10.5 Å². The van der Waals surface area contributed by atoms with Gasteiger partial charge in [-0.1, -0.05) is 52.3 Å². The van der Waals surface area contributed by atoms with E-state index >= 15 is 0 Å². The Bertz CT molecular complexity index is 323. The molecular weight excluding hydrogens is 238 g/mol. The molecule has 1 heterocycles. The fraction of sp³-hybridized carbons (Fsp3) is 0.533. The highest BCUT2D eigenvalue weighted by molar-refractivity contribution is 5.89. The Morgan fingerprint density at radius 1 is 1.21 bits per heavy atom. The highest BCUT2D eigenvalue weighted by Crippen LogP contribution is 2.04. The van der Waals surface area contributed by atoms with E-state index in [2.05, 4.69) is 29.8 Å². The van der Waals surface area contributed by atoms with E-state index in [-0.39, 0.29) is 12.1 Å². The number of carbonyl (C=O) groups excluding carboxylic acids is 1. The number of rotatable bonds is 2. The van der Waals surface area contributed by atoms with Gasteiger partial charge in [-0.3, -0.25) is 0 Å². The Kier molecular flexibility index (Phi) is 10.6. The maximum atomic E-state index is 11.4. The number of anilines is 1. The van der Waals surface area contributed by atoms with E-state index in [0.717, 1.165) is 18.8 Å². The van der Waals surface area contributed by atoms with Crippen LogP contribution in [0.2, 0.25) is 0 Å². The Morgan fingerprint density at radius 2 is 1.74 bits per heavy atom. The molecule has 0 bridgehead atoms. The lowest BCUT2D eigenvalue weighted by Crippen LogP contribution is -2.57. The van der Waals surface area contributed by atoms with E-state index in [9.17, 15) is 4.79 Å². The Hall–Kier alpha value is -1.55. The van der Waals surface area contributed by atoms with Crippen molar-refractivity contribution in [2.75, 3.05) is 18.4 Å². The quantitative estimate of drug-likeness (QED) is 0.769. The van der Waals surface area contributed by atoms with Gasteiger partial charge in [0.25, 0.3) is 0 Å². The van der Waals surface area contributed by atoms with Gasteiger partial charge < -0.3 is 16.0 Å². The van der Waals surface area contributed by atoms with Crippen LogP contribution in [0.25, 0.3) is 0 Å². The predicted octanol–water partition coefficient (Wildman–Crippen LogP) is 3.22. The molecule has 0 saturated carbocycles. The van der Waals surface area contributed by atoms with Crippen molar-refractivity contribution in [2.24, 2.45) is 0 Å². The minimum Gasteiger partial charge on any atom is -0.333 e. The zero-order chi connectivity index (χ0) is 14.5. The van der Waals surface area contributed by atoms with E-state index in [4.69, 9.17) is 0 Å². The highest BCUT2D eigenvalue weighted by Gasteiger charge is 2.18. The summed E-state index contributed by atoms with van der Waals surface area (Å²) < 4.78 is 0. The second-order valence-electron chi connectivity index (χ2n) is 4.03. The van der Waals surface area contributed by atoms with Crippen molar-refractivity contribution in [1.29, 1.82) is 0 Å². The molecule has 4 nitrogen and oxygen atoms in total. The smallest absolute Gasteiger partial charge is 0.319 e. The normalized spacial score (nSPS) is 12.8. The fourth-order valence-electron chi connectivity index (χ4n) is 1.26. The first kappa shape index (κ1) is 17.4. The molecule has 1 aliphatic heterocycles. The van der Waals surface area contributed by atoms with Gasteiger partial charge in [-0.25, -0.2) is 4.79 Å². The monoisotopic (exact) mass is 265 g/mol. The molecule has 2 amide bonds. The molecule has 1 aliphatic rings. The molecule has 1 fully saturated rings. The molecule has 1 aromatic carbocycles. The van der Waals surface area contributed by atoms with E-state index in [1.807, 2.05) is 44.2 Å². The van der Waals surface area contributed by atoms with Crippen molar-refractivity contribution in [1.82, 2.24) is 10.6 Å². The summed E-state index contributed by atoms with van der Waals surface area (Å²) in [5.41, 5.74) is 0.817. The average Bonchev–Trinajstić information content (AvgIpc) is 2.39. The van der Waals surface area contributed by atoms with Crippen LogP contribution >= 0.6 is 0 Å². The van der Waals surface area contributed by atoms with Crippen LogP contribution in [0.15, 0.2) is 30.3 Å². The van der Waals surface area contributed by atoms with Crippen LogP contribution in [0.3, 0.4) is 0 Å². The molecule has 0 spiro atoms. The molecule has 108 valence electrons. The number of nitrogens with one attached hydrogen (secondary N) is 3. The fourth-order valence-corrected chi connectivity index (χ4v) is 1.26. The number of benzene rings is 1. The van der Waals surface area contributed by atoms with Crippen LogP contribution < -0.4 is 16.0 Å². The van der Waals surface area contributed by atoms with Gasteiger partial charge in [0.05, 0.1) is 6.04 Å². The number of carbonyl (C=O) groups is 1. The van der Waals surface area contributed by atoms with E-state index in [0.29, 0.717) is 0 Å². The van der Waals surface area contributed by atoms with Crippen LogP contribution in [-0.4, -0.2) is 25.2 Å². The Morgan fingerprint density at radius 3 is 2.16 bits per heavy atom. The van der Waals surface area contributed by atoms with Gasteiger partial charge in [0.15, 0.2) is 0 Å². The van der Waals surface area contributed by atoms with Gasteiger partial charge >= 0.3 is 6.03 Å². The van der Waals surface area contributed by atoms with Crippen molar-refractivity contribution < 1.29 is 4.79 Å². The second kappa shape index (κ2) is 11.5. The van der Waals surface area contributed by atoms with E-state index < -0.39 is 0 Å². The number of para-hydroxylation sites is 1. The third-order valence-electron chi connectivity index (χ3n) is 2.15. The third kappa shape index (κ3) is 8.21. The third-order valence-corrected chi connectivity index (χ3v) is 2.15. The number of hydrogen-bond acceptors (Lipinski definition) is 2. The van der Waals surface area contributed by atoms with Gasteiger partial charge in [-0.2, -0.15) is 0 Å². The average molecular weight is 265 g/mol. The van der Waals surface area contributed by atoms with Crippen LogP contribution in [-0.2, 0) is 0 Å². The summed E-state index contributed by atoms with van der Waals surface area (Å²) >= 11 is 0. The first-order valence-corrected chi connectivity index (χ1v) is 7.09. The summed E-state index contributed by atoms with van der Waals surface area (Å²) in [5, 5.41) is 8.70. The molecule has 0 unspecified atom stereocenters. The topological polar surface area (TPSA) is 53.2 Å². The van der Waals surface area contributed by atoms with Gasteiger partial charge in [-0.05, 0) is 12.1 Å². The maximum Gasteiger partial charge on any atom is 0.319 e. The first-order valence-electron chi connectivity index (χ1n) is 7.09. The summed E-state index contributed by atoms with van der Waals surface area (Å²) in [6, 6.07) is 9.55. The van der Waals surface area contributed by atoms with Crippen molar-refractivity contribution in [3.8, 4) is 0 Å². The zero-order valence-corrected chi connectivity index (χ0v) is 12.5. The molecule has 2 rings (SSSR count). The minimum atomic E-state index is -0.136. The molecule has 0 atom stereocenters. The number of urea groups is 1. The lowest BCUT2D eigenvalue weighted by Gasteiger charge is -2.27. The van der Waals surface area contributed by atoms with Crippen molar-refractivity contribution in [3.05, 3.63) is 30.3 Å². The SMILES string of the molecule is CC.CCC.O=C(Nc1ccccc1)NC1CNC1. The van der Waals surface area contributed by atoms with Crippen molar-refractivity contribution in [2.45, 2.75) is 40.2 Å². The second-order valence-corrected chi connectivity index (χ2v) is 4.03. The van der Waals surface area contributed by atoms with Crippen LogP contribution in [0, 0.1) is 0 Å². The Labute approximate surface area is 117 Å². The van der Waals surface area contributed by atoms with Crippen LogP contribution in [0.1, 0.15) is 34.1 Å². The number of amides is 2. The summed E-state index contributed by atoms with van der Waals surface area (Å²) in [5.74, 6) is 0. The molecule has 0 aromatic heterocycles. The van der Waals surface area contributed by atoms with Gasteiger partial charge in [-0.15, -0.1) is 0 Å². The maximum absolute atomic E-state index is 11.4. The lowest BCUT2D eigenvalue weighted by atomic mass is 10.2.